The molecular weight excluding hydrogens is 432 g/mol. The molecule has 0 atom stereocenters. The van der Waals surface area contributed by atoms with E-state index in [4.69, 9.17) is 33.2 Å². The summed E-state index contributed by atoms with van der Waals surface area (Å²) in [4.78, 5) is 0. The van der Waals surface area contributed by atoms with Crippen molar-refractivity contribution in [1.82, 2.24) is 0 Å². The van der Waals surface area contributed by atoms with Gasteiger partial charge >= 0.3 is 7.12 Å². The van der Waals surface area contributed by atoms with Gasteiger partial charge in [0.25, 0.3) is 0 Å². The SMILES string of the molecule is OB(O)c1ccc(Cl)cc1F.Oc1ccc2ccccc2c1-c1ccc(Cl)cc1F. The molecule has 4 aromatic carbocycles. The highest BCUT2D eigenvalue weighted by molar-refractivity contribution is 6.58. The molecule has 0 spiro atoms. The quantitative estimate of drug-likeness (QED) is 0.372. The maximum Gasteiger partial charge on any atom is 0.491 e. The third kappa shape index (κ3) is 4.91. The average molecular weight is 447 g/mol. The van der Waals surface area contributed by atoms with E-state index < -0.39 is 18.8 Å². The van der Waals surface area contributed by atoms with Crippen LogP contribution in [-0.4, -0.2) is 22.3 Å². The second-order valence-corrected chi connectivity index (χ2v) is 7.22. The normalized spacial score (nSPS) is 10.5. The number of rotatable bonds is 2. The molecule has 0 saturated heterocycles. The molecule has 0 bridgehead atoms. The summed E-state index contributed by atoms with van der Waals surface area (Å²) in [6, 6.07) is 19.0. The summed E-state index contributed by atoms with van der Waals surface area (Å²) >= 11 is 11.2. The Labute approximate surface area is 181 Å². The minimum Gasteiger partial charge on any atom is -0.507 e. The van der Waals surface area contributed by atoms with Crippen LogP contribution in [0.1, 0.15) is 0 Å². The molecule has 0 aliphatic rings. The highest BCUT2D eigenvalue weighted by Gasteiger charge is 2.16. The van der Waals surface area contributed by atoms with Crippen LogP contribution in [0.5, 0.6) is 5.75 Å². The van der Waals surface area contributed by atoms with E-state index in [2.05, 4.69) is 0 Å². The summed E-state index contributed by atoms with van der Waals surface area (Å²) in [5, 5.41) is 29.5. The van der Waals surface area contributed by atoms with Gasteiger partial charge in [0.1, 0.15) is 17.4 Å². The number of halogens is 4. The van der Waals surface area contributed by atoms with Crippen LogP contribution in [0.2, 0.25) is 10.0 Å². The lowest BCUT2D eigenvalue weighted by atomic mass is 9.80. The Balaban J connectivity index is 0.000000199. The van der Waals surface area contributed by atoms with Crippen molar-refractivity contribution >= 4 is 46.6 Å². The molecule has 0 amide bonds. The van der Waals surface area contributed by atoms with E-state index >= 15 is 0 Å². The zero-order chi connectivity index (χ0) is 21.8. The van der Waals surface area contributed by atoms with Crippen LogP contribution < -0.4 is 5.46 Å². The van der Waals surface area contributed by atoms with Crippen molar-refractivity contribution in [2.24, 2.45) is 0 Å². The topological polar surface area (TPSA) is 60.7 Å². The van der Waals surface area contributed by atoms with Gasteiger partial charge in [0.2, 0.25) is 0 Å². The van der Waals surface area contributed by atoms with E-state index in [9.17, 15) is 13.9 Å². The van der Waals surface area contributed by atoms with Crippen molar-refractivity contribution < 1.29 is 23.9 Å². The van der Waals surface area contributed by atoms with Gasteiger partial charge in [-0.25, -0.2) is 8.78 Å². The first kappa shape index (κ1) is 22.1. The smallest absolute Gasteiger partial charge is 0.491 e. The Morgan fingerprint density at radius 1 is 0.733 bits per heavy atom. The molecule has 0 heterocycles. The van der Waals surface area contributed by atoms with Gasteiger partial charge in [0, 0.05) is 26.6 Å². The van der Waals surface area contributed by atoms with Gasteiger partial charge < -0.3 is 15.2 Å². The van der Waals surface area contributed by atoms with Crippen molar-refractivity contribution in [2.75, 3.05) is 0 Å². The first-order chi connectivity index (χ1) is 14.3. The molecule has 30 heavy (non-hydrogen) atoms. The lowest BCUT2D eigenvalue weighted by molar-refractivity contribution is 0.423. The molecule has 3 N–H and O–H groups in total. The monoisotopic (exact) mass is 446 g/mol. The number of phenolic OH excluding ortho intramolecular Hbond substituents is 1. The van der Waals surface area contributed by atoms with Crippen LogP contribution >= 0.6 is 23.2 Å². The molecule has 0 aromatic heterocycles. The molecular formula is C22H15BCl2F2O3. The van der Waals surface area contributed by atoms with Crippen molar-refractivity contribution in [3.63, 3.8) is 0 Å². The lowest BCUT2D eigenvalue weighted by Crippen LogP contribution is -2.32. The predicted molar refractivity (Wildman–Crippen MR) is 117 cm³/mol. The van der Waals surface area contributed by atoms with Crippen molar-refractivity contribution in [3.05, 3.63) is 94.5 Å². The number of aromatic hydroxyl groups is 1. The maximum absolute atomic E-state index is 14.0. The zero-order valence-electron chi connectivity index (χ0n) is 15.4. The standard InChI is InChI=1S/C16H10ClFO.C6H5BClFO2/c17-11-6-7-13(14(18)9-11)16-12-4-2-1-3-10(12)5-8-15(16)19;8-4-1-2-5(7(10)11)6(9)3-4/h1-9,19H;1-3,10-11H. The van der Waals surface area contributed by atoms with Gasteiger partial charge in [-0.05, 0) is 47.2 Å². The molecule has 8 heteroatoms. The Bertz CT molecular complexity index is 1200. The van der Waals surface area contributed by atoms with E-state index in [1.807, 2.05) is 30.3 Å². The number of phenols is 1. The summed E-state index contributed by atoms with van der Waals surface area (Å²) in [6.07, 6.45) is 0. The Morgan fingerprint density at radius 2 is 1.37 bits per heavy atom. The third-order valence-corrected chi connectivity index (χ3v) is 4.82. The number of hydrogen-bond acceptors (Lipinski definition) is 3. The second-order valence-electron chi connectivity index (χ2n) is 6.34. The van der Waals surface area contributed by atoms with Gasteiger partial charge in [-0.15, -0.1) is 0 Å². The Hall–Kier alpha value is -2.64. The molecule has 0 aliphatic heterocycles. The molecule has 4 aromatic rings. The first-order valence-electron chi connectivity index (χ1n) is 8.75. The fraction of sp³-hybridized carbons (Fsp3) is 0. The van der Waals surface area contributed by atoms with E-state index in [-0.39, 0.29) is 16.2 Å². The highest BCUT2D eigenvalue weighted by atomic mass is 35.5. The maximum atomic E-state index is 14.0. The molecule has 3 nitrogen and oxygen atoms in total. The lowest BCUT2D eigenvalue weighted by Gasteiger charge is -2.10. The minimum absolute atomic E-state index is 0.0555. The summed E-state index contributed by atoms with van der Waals surface area (Å²) < 4.78 is 26.7. The average Bonchev–Trinajstić information content (AvgIpc) is 2.69. The van der Waals surface area contributed by atoms with Gasteiger partial charge in [0.15, 0.2) is 0 Å². The van der Waals surface area contributed by atoms with Crippen LogP contribution in [0.15, 0.2) is 72.8 Å². The van der Waals surface area contributed by atoms with E-state index in [0.717, 1.165) is 16.8 Å². The fourth-order valence-electron chi connectivity index (χ4n) is 2.95. The molecule has 0 aliphatic carbocycles. The van der Waals surface area contributed by atoms with Gasteiger partial charge in [-0.1, -0.05) is 59.6 Å². The summed E-state index contributed by atoms with van der Waals surface area (Å²) in [5.74, 6) is -1.11. The van der Waals surface area contributed by atoms with Crippen LogP contribution in [0.4, 0.5) is 8.78 Å². The molecule has 0 saturated carbocycles. The molecule has 0 radical (unpaired) electrons. The molecule has 0 fully saturated rings. The van der Waals surface area contributed by atoms with E-state index in [1.165, 1.54) is 18.2 Å². The highest BCUT2D eigenvalue weighted by Crippen LogP contribution is 2.38. The first-order valence-corrected chi connectivity index (χ1v) is 9.50. The zero-order valence-corrected chi connectivity index (χ0v) is 16.9. The summed E-state index contributed by atoms with van der Waals surface area (Å²) in [5.41, 5.74) is 0.667. The predicted octanol–water partition coefficient (Wildman–Crippen LogP) is 5.16. The van der Waals surface area contributed by atoms with Crippen LogP contribution in [0.25, 0.3) is 21.9 Å². The summed E-state index contributed by atoms with van der Waals surface area (Å²) in [7, 11) is -1.78. The fourth-order valence-corrected chi connectivity index (χ4v) is 3.26. The van der Waals surface area contributed by atoms with Crippen molar-refractivity contribution in [1.29, 1.82) is 0 Å². The number of benzene rings is 4. The van der Waals surface area contributed by atoms with Crippen LogP contribution in [0.3, 0.4) is 0 Å². The second kappa shape index (κ2) is 9.45. The van der Waals surface area contributed by atoms with Gasteiger partial charge in [-0.2, -0.15) is 0 Å². The minimum atomic E-state index is -1.78. The van der Waals surface area contributed by atoms with Crippen molar-refractivity contribution in [2.45, 2.75) is 0 Å². The molecule has 0 unspecified atom stereocenters. The van der Waals surface area contributed by atoms with Crippen molar-refractivity contribution in [3.8, 4) is 16.9 Å². The number of hydrogen-bond donors (Lipinski definition) is 3. The molecule has 152 valence electrons. The van der Waals surface area contributed by atoms with Crippen LogP contribution in [0, 0.1) is 11.6 Å². The van der Waals surface area contributed by atoms with E-state index in [0.29, 0.717) is 16.1 Å². The van der Waals surface area contributed by atoms with E-state index in [1.54, 1.807) is 18.2 Å². The Kier molecular flexibility index (Phi) is 6.95. The van der Waals surface area contributed by atoms with Gasteiger partial charge in [0.05, 0.1) is 0 Å². The largest absolute Gasteiger partial charge is 0.507 e. The molecule has 4 rings (SSSR count). The third-order valence-electron chi connectivity index (χ3n) is 4.35. The summed E-state index contributed by atoms with van der Waals surface area (Å²) in [6.45, 7) is 0. The number of fused-ring (bicyclic) bond motifs is 1. The Morgan fingerprint density at radius 3 is 2.00 bits per heavy atom. The van der Waals surface area contributed by atoms with Crippen LogP contribution in [-0.2, 0) is 0 Å². The van der Waals surface area contributed by atoms with Gasteiger partial charge in [-0.3, -0.25) is 0 Å².